The standard InChI is InChI=1S/C35H41N3O7/c1-21(2)17-26(20-39)38-31-33(42)37(25-13-12-23-9-6-7-10-24(23)18-25)16-8-4-5-11-28(40)36-19-22(3)44-34(43)29-27-14-15-35(31,45-27)30(29)32(38)41/h4,6-10,12-15,18,21-22,26-27,29-31,39H,5,11,16-17,19-20H2,1-3H3,(H,36,40)/b8-4-/t22-,26-,27+,29-,30-,31+,35-/m1/s1. The Morgan fingerprint density at radius 3 is 2.58 bits per heavy atom. The van der Waals surface area contributed by atoms with Gasteiger partial charge in [-0.1, -0.05) is 68.5 Å². The molecule has 3 amide bonds. The van der Waals surface area contributed by atoms with Crippen molar-refractivity contribution in [2.75, 3.05) is 24.6 Å². The number of fused-ring (bicyclic) bond motifs is 3. The van der Waals surface area contributed by atoms with E-state index in [0.717, 1.165) is 10.8 Å². The lowest BCUT2D eigenvalue weighted by atomic mass is 9.74. The zero-order valence-electron chi connectivity index (χ0n) is 25.9. The van der Waals surface area contributed by atoms with Crippen LogP contribution in [0, 0.1) is 17.8 Å². The van der Waals surface area contributed by atoms with Gasteiger partial charge in [-0.2, -0.15) is 0 Å². The van der Waals surface area contributed by atoms with Gasteiger partial charge >= 0.3 is 5.97 Å². The molecule has 0 radical (unpaired) electrons. The molecule has 4 heterocycles. The summed E-state index contributed by atoms with van der Waals surface area (Å²) in [6.45, 7) is 5.66. The topological polar surface area (TPSA) is 125 Å². The van der Waals surface area contributed by atoms with Crippen LogP contribution in [0.5, 0.6) is 0 Å². The minimum absolute atomic E-state index is 0.123. The number of amides is 3. The second-order valence-electron chi connectivity index (χ2n) is 13.0. The molecule has 45 heavy (non-hydrogen) atoms. The lowest BCUT2D eigenvalue weighted by Crippen LogP contribution is -2.59. The van der Waals surface area contributed by atoms with E-state index >= 15 is 4.79 Å². The van der Waals surface area contributed by atoms with Crippen molar-refractivity contribution in [3.63, 3.8) is 0 Å². The molecule has 2 N–H and O–H groups in total. The molecular weight excluding hydrogens is 574 g/mol. The van der Waals surface area contributed by atoms with Crippen LogP contribution in [0.15, 0.2) is 66.8 Å². The lowest BCUT2D eigenvalue weighted by molar-refractivity contribution is -0.159. The van der Waals surface area contributed by atoms with Crippen molar-refractivity contribution < 1.29 is 33.8 Å². The predicted molar refractivity (Wildman–Crippen MR) is 168 cm³/mol. The summed E-state index contributed by atoms with van der Waals surface area (Å²) in [5.41, 5.74) is -0.770. The van der Waals surface area contributed by atoms with Gasteiger partial charge in [-0.25, -0.2) is 0 Å². The average Bonchev–Trinajstić information content (AvgIpc) is 3.67. The first-order valence-electron chi connectivity index (χ1n) is 15.9. The fourth-order valence-corrected chi connectivity index (χ4v) is 7.36. The quantitative estimate of drug-likeness (QED) is 0.391. The van der Waals surface area contributed by atoms with Gasteiger partial charge < -0.3 is 29.7 Å². The third kappa shape index (κ3) is 5.55. The van der Waals surface area contributed by atoms with E-state index in [1.807, 2.05) is 68.5 Å². The second-order valence-corrected chi connectivity index (χ2v) is 13.0. The first-order valence-corrected chi connectivity index (χ1v) is 15.9. The summed E-state index contributed by atoms with van der Waals surface area (Å²) in [7, 11) is 0. The molecule has 238 valence electrons. The van der Waals surface area contributed by atoms with Gasteiger partial charge in [0.05, 0.1) is 31.2 Å². The van der Waals surface area contributed by atoms with Crippen LogP contribution < -0.4 is 10.2 Å². The number of cyclic esters (lactones) is 1. The highest BCUT2D eigenvalue weighted by Crippen LogP contribution is 2.56. The van der Waals surface area contributed by atoms with Crippen LogP contribution >= 0.6 is 0 Å². The first-order chi connectivity index (χ1) is 21.6. The van der Waals surface area contributed by atoms with Crippen LogP contribution in [-0.2, 0) is 28.7 Å². The number of aliphatic hydroxyl groups is 1. The number of anilines is 1. The molecule has 2 saturated heterocycles. The number of rotatable bonds is 5. The summed E-state index contributed by atoms with van der Waals surface area (Å²) in [5, 5.41) is 15.4. The van der Waals surface area contributed by atoms with Crippen molar-refractivity contribution in [1.29, 1.82) is 0 Å². The maximum absolute atomic E-state index is 15.0. The summed E-state index contributed by atoms with van der Waals surface area (Å²) in [6.07, 6.45) is 7.02. The van der Waals surface area contributed by atoms with Crippen molar-refractivity contribution >= 4 is 40.2 Å². The Kier molecular flexibility index (Phi) is 8.54. The predicted octanol–water partition coefficient (Wildman–Crippen LogP) is 3.13. The molecule has 10 heteroatoms. The molecule has 4 aliphatic rings. The summed E-state index contributed by atoms with van der Waals surface area (Å²) >= 11 is 0. The molecule has 0 unspecified atom stereocenters. The van der Waals surface area contributed by atoms with E-state index < -0.39 is 53.6 Å². The fourth-order valence-electron chi connectivity index (χ4n) is 7.36. The van der Waals surface area contributed by atoms with Gasteiger partial charge in [-0.3, -0.25) is 19.2 Å². The number of allylic oxidation sites excluding steroid dienone is 1. The van der Waals surface area contributed by atoms with Gasteiger partial charge in [-0.05, 0) is 48.6 Å². The Bertz CT molecular complexity index is 1550. The number of nitrogens with one attached hydrogen (secondary N) is 1. The Hall–Kier alpha value is -4.02. The van der Waals surface area contributed by atoms with Crippen LogP contribution in [0.3, 0.4) is 0 Å². The Morgan fingerprint density at radius 1 is 1.04 bits per heavy atom. The Labute approximate surface area is 263 Å². The monoisotopic (exact) mass is 615 g/mol. The van der Waals surface area contributed by atoms with Crippen molar-refractivity contribution in [3.8, 4) is 0 Å². The molecule has 2 fully saturated rings. The lowest BCUT2D eigenvalue weighted by Gasteiger charge is -2.39. The molecule has 4 aliphatic heterocycles. The van der Waals surface area contributed by atoms with Crippen molar-refractivity contribution in [1.82, 2.24) is 10.2 Å². The smallest absolute Gasteiger partial charge is 0.313 e. The van der Waals surface area contributed by atoms with E-state index in [2.05, 4.69) is 5.32 Å². The first kappa shape index (κ1) is 31.0. The van der Waals surface area contributed by atoms with Crippen LogP contribution in [0.25, 0.3) is 10.8 Å². The molecule has 0 aliphatic carbocycles. The number of hydrogen-bond acceptors (Lipinski definition) is 7. The molecule has 10 nitrogen and oxygen atoms in total. The maximum atomic E-state index is 15.0. The highest BCUT2D eigenvalue weighted by atomic mass is 16.6. The summed E-state index contributed by atoms with van der Waals surface area (Å²) in [4.78, 5) is 58.8. The number of aliphatic hydroxyl groups excluding tert-OH is 1. The number of nitrogens with zero attached hydrogens (tertiary/aromatic N) is 2. The minimum Gasteiger partial charge on any atom is -0.460 e. The zero-order chi connectivity index (χ0) is 31.9. The number of likely N-dealkylation sites (tertiary alicyclic amines) is 1. The van der Waals surface area contributed by atoms with E-state index in [0.29, 0.717) is 18.5 Å². The number of benzene rings is 2. The van der Waals surface area contributed by atoms with E-state index in [9.17, 15) is 19.5 Å². The second kappa shape index (κ2) is 12.4. The van der Waals surface area contributed by atoms with E-state index in [1.54, 1.807) is 24.0 Å². The number of ether oxygens (including phenoxy) is 2. The van der Waals surface area contributed by atoms with Crippen molar-refractivity contribution in [2.24, 2.45) is 17.8 Å². The van der Waals surface area contributed by atoms with E-state index in [-0.39, 0.29) is 43.8 Å². The molecule has 6 rings (SSSR count). The zero-order valence-corrected chi connectivity index (χ0v) is 25.9. The summed E-state index contributed by atoms with van der Waals surface area (Å²) < 4.78 is 12.3. The number of carbonyl (C=O) groups is 4. The molecule has 0 aromatic heterocycles. The number of carbonyl (C=O) groups excluding carboxylic acids is 4. The van der Waals surface area contributed by atoms with Gasteiger partial charge in [0, 0.05) is 18.7 Å². The number of hydrogen-bond donors (Lipinski definition) is 2. The van der Waals surface area contributed by atoms with E-state index in [4.69, 9.17) is 9.47 Å². The Morgan fingerprint density at radius 2 is 1.82 bits per heavy atom. The third-order valence-corrected chi connectivity index (χ3v) is 9.37. The normalized spacial score (nSPS) is 31.8. The maximum Gasteiger partial charge on any atom is 0.313 e. The highest BCUT2D eigenvalue weighted by molar-refractivity contribution is 6.06. The molecule has 0 saturated carbocycles. The van der Waals surface area contributed by atoms with Gasteiger partial charge in [0.1, 0.15) is 23.7 Å². The molecule has 5 bridgehead atoms. The van der Waals surface area contributed by atoms with Crippen LogP contribution in [0.4, 0.5) is 5.69 Å². The molecule has 2 aromatic rings. The highest BCUT2D eigenvalue weighted by Gasteiger charge is 2.74. The summed E-state index contributed by atoms with van der Waals surface area (Å²) in [6, 6.07) is 11.8. The minimum atomic E-state index is -1.41. The Balaban J connectivity index is 1.48. The molecule has 1 spiro atoms. The SMILES string of the molecule is CC(C)C[C@H](CO)N1C(=O)[C@H]2[C@@H]3C(=O)O[C@H](C)CNC(=O)CC/C=C\CN(c4ccc5ccccc5c4)C(=O)[C@H]1[C@@]21C=C[C@@H]3O1. The van der Waals surface area contributed by atoms with Crippen LogP contribution in [0.2, 0.25) is 0 Å². The van der Waals surface area contributed by atoms with Crippen LogP contribution in [-0.4, -0.2) is 83.3 Å². The fraction of sp³-hybridized carbons (Fsp3) is 0.486. The van der Waals surface area contributed by atoms with Gasteiger partial charge in [-0.15, -0.1) is 0 Å². The summed E-state index contributed by atoms with van der Waals surface area (Å²) in [5.74, 6) is -3.41. The molecule has 2 aromatic carbocycles. The average molecular weight is 616 g/mol. The van der Waals surface area contributed by atoms with Crippen LogP contribution in [0.1, 0.15) is 40.0 Å². The van der Waals surface area contributed by atoms with E-state index in [1.165, 1.54) is 4.90 Å². The van der Waals surface area contributed by atoms with Crippen molar-refractivity contribution in [2.45, 2.75) is 69.9 Å². The van der Waals surface area contributed by atoms with Gasteiger partial charge in [0.25, 0.3) is 5.91 Å². The van der Waals surface area contributed by atoms with Crippen molar-refractivity contribution in [3.05, 3.63) is 66.8 Å². The number of esters is 1. The largest absolute Gasteiger partial charge is 0.460 e. The molecular formula is C35H41N3O7. The molecule has 7 atom stereocenters. The van der Waals surface area contributed by atoms with Gasteiger partial charge in [0.2, 0.25) is 11.8 Å². The third-order valence-electron chi connectivity index (χ3n) is 9.37. The van der Waals surface area contributed by atoms with Gasteiger partial charge in [0.15, 0.2) is 0 Å².